The molecule has 4 N–H and O–H groups in total. The average Bonchev–Trinajstić information content (AvgIpc) is 2.48. The molecule has 0 amide bonds. The number of nitrogens with two attached hydrogens (primary N) is 1. The van der Waals surface area contributed by atoms with Crippen molar-refractivity contribution in [2.45, 2.75) is 13.5 Å². The molecule has 21 heavy (non-hydrogen) atoms. The maximum atomic E-state index is 13.6. The van der Waals surface area contributed by atoms with E-state index in [4.69, 9.17) is 10.9 Å². The van der Waals surface area contributed by atoms with E-state index in [2.05, 4.69) is 26.4 Å². The van der Waals surface area contributed by atoms with Gasteiger partial charge >= 0.3 is 0 Å². The minimum Gasteiger partial charge on any atom is -0.409 e. The summed E-state index contributed by atoms with van der Waals surface area (Å²) in [6.45, 7) is 2.40. The Hall–Kier alpha value is -2.08. The van der Waals surface area contributed by atoms with Crippen LogP contribution in [0.25, 0.3) is 0 Å². The predicted octanol–water partition coefficient (Wildman–Crippen LogP) is 3.60. The molecule has 2 aromatic rings. The standard InChI is InChI=1S/C15H15BrFN3O/c1-9-6-10(15(18)20-21)2-3-11(9)8-19-14-7-12(16)4-5-13(14)17/h2-7,19,21H,8H2,1H3,(H2,18,20). The Morgan fingerprint density at radius 1 is 1.33 bits per heavy atom. The molecule has 0 heterocycles. The van der Waals surface area contributed by atoms with E-state index in [1.165, 1.54) is 6.07 Å². The van der Waals surface area contributed by atoms with Gasteiger partial charge in [-0.05, 0) is 42.3 Å². The highest BCUT2D eigenvalue weighted by Gasteiger charge is 2.06. The molecule has 0 fully saturated rings. The van der Waals surface area contributed by atoms with Gasteiger partial charge in [0.05, 0.1) is 5.69 Å². The maximum Gasteiger partial charge on any atom is 0.170 e. The highest BCUT2D eigenvalue weighted by molar-refractivity contribution is 9.10. The molecule has 0 unspecified atom stereocenters. The Labute approximate surface area is 130 Å². The van der Waals surface area contributed by atoms with Gasteiger partial charge in [-0.2, -0.15) is 0 Å². The maximum absolute atomic E-state index is 13.6. The third-order valence-electron chi connectivity index (χ3n) is 3.14. The lowest BCUT2D eigenvalue weighted by Crippen LogP contribution is -2.13. The quantitative estimate of drug-likeness (QED) is 0.341. The number of hydrogen-bond acceptors (Lipinski definition) is 3. The topological polar surface area (TPSA) is 70.6 Å². The first-order valence-corrected chi connectivity index (χ1v) is 7.07. The van der Waals surface area contributed by atoms with Crippen LogP contribution in [0.4, 0.5) is 10.1 Å². The molecule has 2 rings (SSSR count). The number of hydrogen-bond donors (Lipinski definition) is 3. The molecule has 110 valence electrons. The highest BCUT2D eigenvalue weighted by Crippen LogP contribution is 2.21. The predicted molar refractivity (Wildman–Crippen MR) is 85.1 cm³/mol. The van der Waals surface area contributed by atoms with E-state index >= 15 is 0 Å². The SMILES string of the molecule is Cc1cc(/C(N)=N/O)ccc1CNc1cc(Br)ccc1F. The average molecular weight is 352 g/mol. The molecule has 0 saturated heterocycles. The van der Waals surface area contributed by atoms with Crippen LogP contribution >= 0.6 is 15.9 Å². The summed E-state index contributed by atoms with van der Waals surface area (Å²) in [5, 5.41) is 14.7. The number of amidine groups is 1. The van der Waals surface area contributed by atoms with Gasteiger partial charge in [-0.3, -0.25) is 0 Å². The Morgan fingerprint density at radius 3 is 2.76 bits per heavy atom. The molecule has 6 heteroatoms. The summed E-state index contributed by atoms with van der Waals surface area (Å²) in [5.41, 5.74) is 8.60. The van der Waals surface area contributed by atoms with Crippen molar-refractivity contribution < 1.29 is 9.60 Å². The molecule has 0 radical (unpaired) electrons. The minimum absolute atomic E-state index is 0.0654. The molecule has 0 bridgehead atoms. The van der Waals surface area contributed by atoms with Gasteiger partial charge < -0.3 is 16.3 Å². The van der Waals surface area contributed by atoms with Crippen molar-refractivity contribution in [1.82, 2.24) is 0 Å². The Bertz CT molecular complexity index is 689. The van der Waals surface area contributed by atoms with Gasteiger partial charge in [-0.1, -0.05) is 33.2 Å². The molecule has 0 atom stereocenters. The van der Waals surface area contributed by atoms with Crippen molar-refractivity contribution in [2.75, 3.05) is 5.32 Å². The second-order valence-corrected chi connectivity index (χ2v) is 5.52. The first-order chi connectivity index (χ1) is 10.0. The van der Waals surface area contributed by atoms with Gasteiger partial charge in [0.1, 0.15) is 5.82 Å². The van der Waals surface area contributed by atoms with Gasteiger partial charge in [0, 0.05) is 16.6 Å². The van der Waals surface area contributed by atoms with Crippen molar-refractivity contribution in [3.63, 3.8) is 0 Å². The van der Waals surface area contributed by atoms with Crippen LogP contribution in [0, 0.1) is 12.7 Å². The van der Waals surface area contributed by atoms with Gasteiger partial charge in [0.2, 0.25) is 0 Å². The minimum atomic E-state index is -0.302. The second kappa shape index (κ2) is 6.58. The molecule has 0 saturated carbocycles. The molecule has 0 aliphatic rings. The van der Waals surface area contributed by atoms with E-state index in [0.717, 1.165) is 15.6 Å². The molecule has 0 aliphatic carbocycles. The van der Waals surface area contributed by atoms with Gasteiger partial charge in [-0.15, -0.1) is 0 Å². The van der Waals surface area contributed by atoms with E-state index in [1.54, 1.807) is 18.2 Å². The number of oxime groups is 1. The largest absolute Gasteiger partial charge is 0.409 e. The van der Waals surface area contributed by atoms with Crippen LogP contribution in [0.2, 0.25) is 0 Å². The van der Waals surface area contributed by atoms with Gasteiger partial charge in [0.15, 0.2) is 5.84 Å². The van der Waals surface area contributed by atoms with E-state index in [0.29, 0.717) is 17.8 Å². The summed E-state index contributed by atoms with van der Waals surface area (Å²) in [6, 6.07) is 10.2. The third-order valence-corrected chi connectivity index (χ3v) is 3.64. The van der Waals surface area contributed by atoms with Crippen LogP contribution in [0.5, 0.6) is 0 Å². The number of halogens is 2. The zero-order valence-corrected chi connectivity index (χ0v) is 13.0. The molecule has 2 aromatic carbocycles. The van der Waals surface area contributed by atoms with Crippen molar-refractivity contribution >= 4 is 27.5 Å². The first-order valence-electron chi connectivity index (χ1n) is 6.27. The summed E-state index contributed by atoms with van der Waals surface area (Å²) < 4.78 is 14.5. The van der Waals surface area contributed by atoms with Crippen LogP contribution in [0.3, 0.4) is 0 Å². The number of benzene rings is 2. The summed E-state index contributed by atoms with van der Waals surface area (Å²) >= 11 is 3.31. The second-order valence-electron chi connectivity index (χ2n) is 4.60. The smallest absolute Gasteiger partial charge is 0.170 e. The lowest BCUT2D eigenvalue weighted by atomic mass is 10.0. The lowest BCUT2D eigenvalue weighted by molar-refractivity contribution is 0.318. The zero-order valence-electron chi connectivity index (χ0n) is 11.4. The monoisotopic (exact) mass is 351 g/mol. The van der Waals surface area contributed by atoms with Crippen LogP contribution in [0.15, 0.2) is 46.0 Å². The van der Waals surface area contributed by atoms with Crippen LogP contribution in [-0.4, -0.2) is 11.0 Å². The number of anilines is 1. The Kier molecular flexibility index (Phi) is 4.80. The Morgan fingerprint density at radius 2 is 2.10 bits per heavy atom. The molecular weight excluding hydrogens is 337 g/mol. The molecule has 0 aromatic heterocycles. The number of nitrogens with one attached hydrogen (secondary N) is 1. The van der Waals surface area contributed by atoms with E-state index in [9.17, 15) is 4.39 Å². The normalized spacial score (nSPS) is 11.5. The molecule has 0 spiro atoms. The third kappa shape index (κ3) is 3.72. The Balaban J connectivity index is 2.15. The van der Waals surface area contributed by atoms with Crippen LogP contribution in [0.1, 0.15) is 16.7 Å². The zero-order chi connectivity index (χ0) is 15.4. The first kappa shape index (κ1) is 15.3. The van der Waals surface area contributed by atoms with Gasteiger partial charge in [-0.25, -0.2) is 4.39 Å². The fourth-order valence-corrected chi connectivity index (χ4v) is 2.30. The summed E-state index contributed by atoms with van der Waals surface area (Å²) in [7, 11) is 0. The number of rotatable bonds is 4. The summed E-state index contributed by atoms with van der Waals surface area (Å²) in [4.78, 5) is 0. The van der Waals surface area contributed by atoms with Crippen molar-refractivity contribution in [3.8, 4) is 0 Å². The fourth-order valence-electron chi connectivity index (χ4n) is 1.93. The molecule has 0 aliphatic heterocycles. The van der Waals surface area contributed by atoms with Gasteiger partial charge in [0.25, 0.3) is 0 Å². The van der Waals surface area contributed by atoms with E-state index < -0.39 is 0 Å². The van der Waals surface area contributed by atoms with Crippen molar-refractivity contribution in [2.24, 2.45) is 10.9 Å². The summed E-state index contributed by atoms with van der Waals surface area (Å²) in [5.74, 6) is -0.236. The lowest BCUT2D eigenvalue weighted by Gasteiger charge is -2.11. The van der Waals surface area contributed by atoms with Crippen molar-refractivity contribution in [1.29, 1.82) is 0 Å². The van der Waals surface area contributed by atoms with E-state index in [-0.39, 0.29) is 11.7 Å². The molecular formula is C15H15BrFN3O. The molecule has 4 nitrogen and oxygen atoms in total. The van der Waals surface area contributed by atoms with Crippen LogP contribution < -0.4 is 11.1 Å². The number of aryl methyl sites for hydroxylation is 1. The van der Waals surface area contributed by atoms with Crippen molar-refractivity contribution in [3.05, 3.63) is 63.4 Å². The fraction of sp³-hybridized carbons (Fsp3) is 0.133. The number of nitrogens with zero attached hydrogens (tertiary/aromatic N) is 1. The highest BCUT2D eigenvalue weighted by atomic mass is 79.9. The summed E-state index contributed by atoms with van der Waals surface area (Å²) in [6.07, 6.45) is 0. The van der Waals surface area contributed by atoms with E-state index in [1.807, 2.05) is 19.1 Å². The van der Waals surface area contributed by atoms with Crippen LogP contribution in [-0.2, 0) is 6.54 Å².